The highest BCUT2D eigenvalue weighted by Crippen LogP contribution is 2.43. The quantitative estimate of drug-likeness (QED) is 0.312. The zero-order valence-corrected chi connectivity index (χ0v) is 38.3. The van der Waals surface area contributed by atoms with Crippen LogP contribution in [-0.4, -0.2) is 155 Å². The van der Waals surface area contributed by atoms with Gasteiger partial charge >= 0.3 is 6.18 Å². The number of nitrogens with zero attached hydrogens (tertiary/aromatic N) is 4. The molecule has 0 bridgehead atoms. The lowest BCUT2D eigenvalue weighted by Gasteiger charge is -2.40. The monoisotopic (exact) mass is 947 g/mol. The number of hydrogen-bond donors (Lipinski definition) is 3. The molecule has 4 heterocycles. The number of ether oxygens (including phenoxy) is 1. The van der Waals surface area contributed by atoms with Crippen LogP contribution in [0, 0.1) is 5.92 Å². The van der Waals surface area contributed by atoms with E-state index in [1.807, 2.05) is 13.8 Å². The van der Waals surface area contributed by atoms with Crippen LogP contribution in [0.15, 0.2) is 18.2 Å². The molecule has 0 aliphatic carbocycles. The number of rotatable bonds is 9. The van der Waals surface area contributed by atoms with E-state index >= 15 is 4.39 Å². The summed E-state index contributed by atoms with van der Waals surface area (Å²) >= 11 is 12.8. The van der Waals surface area contributed by atoms with Crippen LogP contribution in [-0.2, 0) is 44.7 Å². The molecule has 0 radical (unpaired) electrons. The summed E-state index contributed by atoms with van der Waals surface area (Å²) in [5.41, 5.74) is -2.67. The van der Waals surface area contributed by atoms with E-state index in [1.54, 1.807) is 6.07 Å². The summed E-state index contributed by atoms with van der Waals surface area (Å²) in [6, 6.07) is -2.97. The van der Waals surface area contributed by atoms with E-state index in [2.05, 4.69) is 16.0 Å². The Hall–Kier alpha value is -4.23. The minimum Gasteiger partial charge on any atom is -0.357 e. The van der Waals surface area contributed by atoms with Gasteiger partial charge in [0.05, 0.1) is 6.54 Å². The fourth-order valence-electron chi connectivity index (χ4n) is 9.07. The Morgan fingerprint density at radius 3 is 2.38 bits per heavy atom. The lowest BCUT2D eigenvalue weighted by molar-refractivity contribution is -0.281. The average molecular weight is 949 g/mol. The molecule has 1 aromatic rings. The van der Waals surface area contributed by atoms with Crippen molar-refractivity contribution in [2.45, 2.75) is 146 Å². The molecule has 5 rings (SSSR count). The standard InChI is InChI=1S/C43H59Cl2F4N7O8/c1-24(2)19-30-39(61)54(5)34(21-26-20-27(44)13-14-29(26)45)40(62)56-23-28(46)22-33(56)35(57)50-16-8-6-11-31(36(58)52-30)53(4)38(60)25(3)51-37(59)32-12-10-17-55(32)41(63)42(43(47,48)49)15-7-9-18-64-42/h13-14,20,24-25,28,30-34H,6-12,15-19,21-23H2,1-5H3,(H,50,57)(H,51,59)(H,52,58)/t25-,28+,30-,31-,32-,33+,34-,42?/m0/s1. The summed E-state index contributed by atoms with van der Waals surface area (Å²) in [6.07, 6.45) is -6.08. The summed E-state index contributed by atoms with van der Waals surface area (Å²) in [7, 11) is 2.71. The highest BCUT2D eigenvalue weighted by molar-refractivity contribution is 6.33. The van der Waals surface area contributed by atoms with Gasteiger partial charge in [-0.3, -0.25) is 33.6 Å². The van der Waals surface area contributed by atoms with Gasteiger partial charge in [-0.2, -0.15) is 13.2 Å². The number of fused-ring (bicyclic) bond motifs is 1. The molecule has 21 heteroatoms. The molecule has 4 aliphatic rings. The zero-order valence-electron chi connectivity index (χ0n) is 36.8. The van der Waals surface area contributed by atoms with Crippen molar-refractivity contribution in [3.8, 4) is 0 Å². The molecule has 1 unspecified atom stereocenters. The molecule has 356 valence electrons. The highest BCUT2D eigenvalue weighted by Gasteiger charge is 2.64. The van der Waals surface area contributed by atoms with Crippen LogP contribution in [0.4, 0.5) is 17.6 Å². The number of hydrogen-bond acceptors (Lipinski definition) is 8. The first-order valence-electron chi connectivity index (χ1n) is 21.9. The second-order valence-electron chi connectivity index (χ2n) is 17.7. The van der Waals surface area contributed by atoms with E-state index in [4.69, 9.17) is 27.9 Å². The van der Waals surface area contributed by atoms with E-state index in [1.165, 1.54) is 33.2 Å². The van der Waals surface area contributed by atoms with Gasteiger partial charge in [-0.1, -0.05) is 37.0 Å². The lowest BCUT2D eigenvalue weighted by Crippen LogP contribution is -2.63. The van der Waals surface area contributed by atoms with Gasteiger partial charge in [0.1, 0.15) is 42.4 Å². The van der Waals surface area contributed by atoms with Crippen molar-refractivity contribution in [3.05, 3.63) is 33.8 Å². The molecule has 4 fully saturated rings. The smallest absolute Gasteiger partial charge is 0.357 e. The summed E-state index contributed by atoms with van der Waals surface area (Å²) in [5, 5.41) is 8.64. The molecule has 0 saturated carbocycles. The predicted octanol–water partition coefficient (Wildman–Crippen LogP) is 3.96. The number of carbonyl (C=O) groups is 7. The van der Waals surface area contributed by atoms with E-state index in [-0.39, 0.29) is 88.5 Å². The Bertz CT molecular complexity index is 1920. The second-order valence-corrected chi connectivity index (χ2v) is 18.5. The van der Waals surface area contributed by atoms with E-state index in [0.717, 1.165) is 19.6 Å². The van der Waals surface area contributed by atoms with Crippen LogP contribution in [0.3, 0.4) is 0 Å². The van der Waals surface area contributed by atoms with Crippen LogP contribution in [0.25, 0.3) is 0 Å². The third-order valence-corrected chi connectivity index (χ3v) is 13.2. The number of benzene rings is 1. The minimum absolute atomic E-state index is 0.0317. The van der Waals surface area contributed by atoms with Crippen LogP contribution in [0.1, 0.15) is 90.5 Å². The normalized spacial score (nSPS) is 28.4. The van der Waals surface area contributed by atoms with Crippen LogP contribution in [0.5, 0.6) is 0 Å². The SMILES string of the molecule is CC(C)C[C@@H]1NC(=O)[C@@H](N(C)C(=O)[C@H](C)NC(=O)[C@@H]2CCCN2C(=O)C2(C(F)(F)F)CCCCO2)CCCCNC(=O)[C@H]2C[C@@H](F)CN2C(=O)[C@H](Cc2cc(Cl)ccc2Cl)N(C)C1=O. The predicted molar refractivity (Wildman–Crippen MR) is 227 cm³/mol. The molecule has 0 aromatic heterocycles. The third-order valence-electron chi connectivity index (χ3n) is 12.6. The molecule has 64 heavy (non-hydrogen) atoms. The summed E-state index contributed by atoms with van der Waals surface area (Å²) in [5.74, 6) is -5.83. The topological polar surface area (TPSA) is 178 Å². The van der Waals surface area contributed by atoms with Crippen LogP contribution < -0.4 is 16.0 Å². The van der Waals surface area contributed by atoms with E-state index in [0.29, 0.717) is 23.4 Å². The summed E-state index contributed by atoms with van der Waals surface area (Å²) in [6.45, 7) is 4.32. The molecular weight excluding hydrogens is 889 g/mol. The van der Waals surface area contributed by atoms with Crippen molar-refractivity contribution in [3.63, 3.8) is 0 Å². The highest BCUT2D eigenvalue weighted by atomic mass is 35.5. The Morgan fingerprint density at radius 1 is 1.00 bits per heavy atom. The van der Waals surface area contributed by atoms with Crippen molar-refractivity contribution in [1.82, 2.24) is 35.6 Å². The number of nitrogens with one attached hydrogen (secondary N) is 3. The van der Waals surface area contributed by atoms with Gasteiger partial charge in [0.2, 0.25) is 41.0 Å². The lowest BCUT2D eigenvalue weighted by atomic mass is 9.91. The maximum atomic E-state index is 15.0. The second kappa shape index (κ2) is 21.4. The van der Waals surface area contributed by atoms with Crippen molar-refractivity contribution >= 4 is 64.6 Å². The van der Waals surface area contributed by atoms with Crippen molar-refractivity contribution in [1.29, 1.82) is 0 Å². The maximum Gasteiger partial charge on any atom is 0.426 e. The Kier molecular flexibility index (Phi) is 17.0. The van der Waals surface area contributed by atoms with Gasteiger partial charge in [-0.25, -0.2) is 4.39 Å². The Morgan fingerprint density at radius 2 is 1.72 bits per heavy atom. The van der Waals surface area contributed by atoms with Gasteiger partial charge in [0.15, 0.2) is 0 Å². The Labute approximate surface area is 380 Å². The molecule has 4 saturated heterocycles. The zero-order chi connectivity index (χ0) is 47.3. The number of likely N-dealkylation sites (tertiary alicyclic amines) is 1. The van der Waals surface area contributed by atoms with E-state index < -0.39 is 102 Å². The van der Waals surface area contributed by atoms with Crippen molar-refractivity contribution in [2.75, 3.05) is 40.3 Å². The van der Waals surface area contributed by atoms with Gasteiger partial charge in [0.25, 0.3) is 5.91 Å². The first kappa shape index (κ1) is 50.8. The molecule has 4 aliphatic heterocycles. The first-order chi connectivity index (χ1) is 30.1. The number of likely N-dealkylation sites (N-methyl/N-ethyl adjacent to an activating group) is 2. The summed E-state index contributed by atoms with van der Waals surface area (Å²) in [4.78, 5) is 102. The van der Waals surface area contributed by atoms with Crippen LogP contribution >= 0.6 is 23.2 Å². The fourth-order valence-corrected chi connectivity index (χ4v) is 9.46. The molecule has 15 nitrogen and oxygen atoms in total. The van der Waals surface area contributed by atoms with Crippen molar-refractivity contribution in [2.24, 2.45) is 5.92 Å². The largest absolute Gasteiger partial charge is 0.426 e. The van der Waals surface area contributed by atoms with Gasteiger partial charge in [-0.05, 0) is 94.4 Å². The molecule has 0 spiro atoms. The molecular formula is C43H59Cl2F4N7O8. The fraction of sp³-hybridized carbons (Fsp3) is 0.698. The Balaban J connectivity index is 1.39. The maximum absolute atomic E-state index is 15.0. The van der Waals surface area contributed by atoms with Crippen LogP contribution in [0.2, 0.25) is 10.0 Å². The number of amides is 7. The summed E-state index contributed by atoms with van der Waals surface area (Å²) < 4.78 is 63.3. The third kappa shape index (κ3) is 11.4. The van der Waals surface area contributed by atoms with Gasteiger partial charge in [0, 0.05) is 56.7 Å². The van der Waals surface area contributed by atoms with Gasteiger partial charge in [-0.15, -0.1) is 0 Å². The van der Waals surface area contributed by atoms with Crippen molar-refractivity contribution < 1.29 is 55.9 Å². The number of halogens is 6. The number of alkyl halides is 4. The molecule has 3 N–H and O–H groups in total. The van der Waals surface area contributed by atoms with Gasteiger partial charge < -0.3 is 40.3 Å². The first-order valence-corrected chi connectivity index (χ1v) is 22.7. The number of carbonyl (C=O) groups excluding carboxylic acids is 7. The average Bonchev–Trinajstić information content (AvgIpc) is 3.90. The molecule has 7 amide bonds. The van der Waals surface area contributed by atoms with E-state index in [9.17, 15) is 46.7 Å². The molecule has 8 atom stereocenters. The minimum atomic E-state index is -5.02. The molecule has 1 aromatic carbocycles.